The molecule has 0 bridgehead atoms. The van der Waals surface area contributed by atoms with Crippen LogP contribution in [0.5, 0.6) is 0 Å². The predicted molar refractivity (Wildman–Crippen MR) is 58.8 cm³/mol. The Morgan fingerprint density at radius 1 is 1.16 bits per heavy atom. The van der Waals surface area contributed by atoms with Crippen molar-refractivity contribution in [1.29, 1.82) is 0 Å². The van der Waals surface area contributed by atoms with E-state index in [9.17, 15) is 19.5 Å². The van der Waals surface area contributed by atoms with Crippen molar-refractivity contribution in [3.63, 3.8) is 0 Å². The molecule has 8 heteroatoms. The van der Waals surface area contributed by atoms with Crippen LogP contribution in [-0.2, 0) is 28.6 Å². The van der Waals surface area contributed by atoms with Gasteiger partial charge in [0.15, 0.2) is 12.4 Å². The topological polar surface area (TPSA) is 119 Å². The van der Waals surface area contributed by atoms with Gasteiger partial charge in [-0.15, -0.1) is 0 Å². The third kappa shape index (κ3) is 4.49. The average Bonchev–Trinajstić information content (AvgIpc) is 2.25. The first-order chi connectivity index (χ1) is 8.81. The molecule has 1 heterocycles. The minimum atomic E-state index is -1.46. The van der Waals surface area contributed by atoms with E-state index in [1.165, 1.54) is 0 Å². The van der Waals surface area contributed by atoms with Gasteiger partial charge in [0.2, 0.25) is 0 Å². The first-order valence-electron chi connectivity index (χ1n) is 5.67. The monoisotopic (exact) mass is 276 g/mol. The fourth-order valence-corrected chi connectivity index (χ4v) is 1.91. The lowest BCUT2D eigenvalue weighted by molar-refractivity contribution is -0.254. The number of carbonyl (C=O) groups is 3. The molecule has 1 saturated heterocycles. The van der Waals surface area contributed by atoms with E-state index < -0.39 is 42.3 Å². The summed E-state index contributed by atoms with van der Waals surface area (Å²) in [4.78, 5) is 32.8. The summed E-state index contributed by atoms with van der Waals surface area (Å²) in [6, 6.07) is 0. The van der Waals surface area contributed by atoms with Gasteiger partial charge in [-0.05, 0) is 0 Å². The number of hydrogen-bond acceptors (Lipinski definition) is 7. The SMILES string of the molecule is CC(=O)O[C@H]1[C@@H](CC(=O)O)COC(O)[C@@H]1OC(C)=O. The van der Waals surface area contributed by atoms with Crippen LogP contribution in [0.2, 0.25) is 0 Å². The second kappa shape index (κ2) is 6.48. The third-order valence-electron chi connectivity index (χ3n) is 2.59. The average molecular weight is 276 g/mol. The maximum absolute atomic E-state index is 11.0. The maximum Gasteiger partial charge on any atom is 0.303 e. The van der Waals surface area contributed by atoms with Crippen molar-refractivity contribution in [3.8, 4) is 0 Å². The lowest BCUT2D eigenvalue weighted by Gasteiger charge is -2.38. The zero-order valence-corrected chi connectivity index (χ0v) is 10.6. The second-order valence-electron chi connectivity index (χ2n) is 4.23. The highest BCUT2D eigenvalue weighted by Gasteiger charge is 2.45. The smallest absolute Gasteiger partial charge is 0.303 e. The minimum Gasteiger partial charge on any atom is -0.481 e. The van der Waals surface area contributed by atoms with Gasteiger partial charge in [0.25, 0.3) is 0 Å². The molecule has 0 spiro atoms. The van der Waals surface area contributed by atoms with Crippen LogP contribution in [0.4, 0.5) is 0 Å². The van der Waals surface area contributed by atoms with Crippen LogP contribution in [0, 0.1) is 5.92 Å². The van der Waals surface area contributed by atoms with E-state index >= 15 is 0 Å². The molecule has 1 aliphatic heterocycles. The fourth-order valence-electron chi connectivity index (χ4n) is 1.91. The quantitative estimate of drug-likeness (QED) is 0.646. The number of carbonyl (C=O) groups excluding carboxylic acids is 2. The van der Waals surface area contributed by atoms with Crippen molar-refractivity contribution in [3.05, 3.63) is 0 Å². The molecule has 0 aromatic carbocycles. The summed E-state index contributed by atoms with van der Waals surface area (Å²) in [6.07, 6.45) is -4.08. The maximum atomic E-state index is 11.0. The number of rotatable bonds is 4. The van der Waals surface area contributed by atoms with E-state index in [1.54, 1.807) is 0 Å². The van der Waals surface area contributed by atoms with Gasteiger partial charge in [0.1, 0.15) is 6.10 Å². The van der Waals surface area contributed by atoms with E-state index in [2.05, 4.69) is 0 Å². The number of aliphatic hydroxyl groups is 1. The third-order valence-corrected chi connectivity index (χ3v) is 2.59. The van der Waals surface area contributed by atoms with E-state index in [0.29, 0.717) is 0 Å². The molecular formula is C11H16O8. The van der Waals surface area contributed by atoms with E-state index in [4.69, 9.17) is 19.3 Å². The van der Waals surface area contributed by atoms with Crippen LogP contribution in [0.1, 0.15) is 20.3 Å². The van der Waals surface area contributed by atoms with Gasteiger partial charge in [-0.2, -0.15) is 0 Å². The number of aliphatic hydroxyl groups excluding tert-OH is 1. The van der Waals surface area contributed by atoms with Gasteiger partial charge in [0.05, 0.1) is 13.0 Å². The summed E-state index contributed by atoms with van der Waals surface area (Å²) in [5.74, 6) is -3.16. The zero-order valence-electron chi connectivity index (χ0n) is 10.6. The number of aliphatic carboxylic acids is 1. The Hall–Kier alpha value is -1.67. The normalized spacial score (nSPS) is 30.5. The van der Waals surface area contributed by atoms with Gasteiger partial charge in [-0.1, -0.05) is 0 Å². The van der Waals surface area contributed by atoms with E-state index in [0.717, 1.165) is 13.8 Å². The molecule has 0 aromatic rings. The van der Waals surface area contributed by atoms with Crippen LogP contribution in [0.15, 0.2) is 0 Å². The van der Waals surface area contributed by atoms with Crippen molar-refractivity contribution in [2.24, 2.45) is 5.92 Å². The number of esters is 2. The summed E-state index contributed by atoms with van der Waals surface area (Å²) in [5.41, 5.74) is 0. The molecule has 8 nitrogen and oxygen atoms in total. The molecular weight excluding hydrogens is 260 g/mol. The molecule has 1 unspecified atom stereocenters. The highest BCUT2D eigenvalue weighted by Crippen LogP contribution is 2.27. The van der Waals surface area contributed by atoms with Gasteiger partial charge >= 0.3 is 17.9 Å². The molecule has 19 heavy (non-hydrogen) atoms. The molecule has 108 valence electrons. The molecule has 1 fully saturated rings. The lowest BCUT2D eigenvalue weighted by atomic mass is 9.92. The highest BCUT2D eigenvalue weighted by atomic mass is 16.7. The molecule has 0 amide bonds. The van der Waals surface area contributed by atoms with Crippen molar-refractivity contribution in [2.75, 3.05) is 6.61 Å². The first-order valence-corrected chi connectivity index (χ1v) is 5.67. The van der Waals surface area contributed by atoms with Gasteiger partial charge < -0.3 is 24.4 Å². The Bertz CT molecular complexity index is 366. The Balaban J connectivity index is 2.89. The molecule has 0 saturated carbocycles. The zero-order chi connectivity index (χ0) is 14.6. The number of hydrogen-bond donors (Lipinski definition) is 2. The summed E-state index contributed by atoms with van der Waals surface area (Å²) in [7, 11) is 0. The van der Waals surface area contributed by atoms with Crippen LogP contribution in [0.3, 0.4) is 0 Å². The number of carboxylic acids is 1. The first kappa shape index (κ1) is 15.4. The second-order valence-corrected chi connectivity index (χ2v) is 4.23. The summed E-state index contributed by atoms with van der Waals surface area (Å²) < 4.78 is 14.8. The van der Waals surface area contributed by atoms with E-state index in [-0.39, 0.29) is 13.0 Å². The standard InChI is InChI=1S/C11H16O8/c1-5(12)18-9-7(3-8(14)15)4-17-11(16)10(9)19-6(2)13/h7,9-11,16H,3-4H2,1-2H3,(H,14,15)/t7-,9-,10+,11?/m0/s1. The summed E-state index contributed by atoms with van der Waals surface area (Å²) in [5, 5.41) is 18.4. The van der Waals surface area contributed by atoms with Crippen molar-refractivity contribution < 1.29 is 38.8 Å². The van der Waals surface area contributed by atoms with Crippen molar-refractivity contribution >= 4 is 17.9 Å². The predicted octanol–water partition coefficient (Wildman–Crippen LogP) is -0.711. The van der Waals surface area contributed by atoms with Crippen LogP contribution in [0.25, 0.3) is 0 Å². The molecule has 2 N–H and O–H groups in total. The van der Waals surface area contributed by atoms with Crippen LogP contribution in [-0.4, -0.2) is 53.2 Å². The lowest BCUT2D eigenvalue weighted by Crippen LogP contribution is -2.54. The number of carboxylic acid groups (broad SMARTS) is 1. The minimum absolute atomic E-state index is 0.108. The Morgan fingerprint density at radius 2 is 1.68 bits per heavy atom. The summed E-state index contributed by atoms with van der Waals surface area (Å²) in [6.45, 7) is 2.16. The molecule has 0 aliphatic carbocycles. The van der Waals surface area contributed by atoms with Gasteiger partial charge in [-0.3, -0.25) is 14.4 Å². The van der Waals surface area contributed by atoms with Gasteiger partial charge in [-0.25, -0.2) is 0 Å². The van der Waals surface area contributed by atoms with Crippen LogP contribution < -0.4 is 0 Å². The largest absolute Gasteiger partial charge is 0.481 e. The Kier molecular flexibility index (Phi) is 5.25. The molecule has 0 radical (unpaired) electrons. The highest BCUT2D eigenvalue weighted by molar-refractivity contribution is 5.69. The van der Waals surface area contributed by atoms with Crippen LogP contribution >= 0.6 is 0 Å². The van der Waals surface area contributed by atoms with E-state index in [1.807, 2.05) is 0 Å². The summed E-state index contributed by atoms with van der Waals surface area (Å²) >= 11 is 0. The molecule has 1 rings (SSSR count). The molecule has 0 aromatic heterocycles. The molecule has 1 aliphatic rings. The fraction of sp³-hybridized carbons (Fsp3) is 0.727. The van der Waals surface area contributed by atoms with Gasteiger partial charge in [0, 0.05) is 19.8 Å². The Morgan fingerprint density at radius 3 is 2.16 bits per heavy atom. The van der Waals surface area contributed by atoms with Crippen molar-refractivity contribution in [1.82, 2.24) is 0 Å². The number of ether oxygens (including phenoxy) is 3. The van der Waals surface area contributed by atoms with Crippen molar-refractivity contribution in [2.45, 2.75) is 38.8 Å². The Labute approximate surface area is 109 Å². The molecule has 4 atom stereocenters.